The molecule has 0 saturated heterocycles. The molecule has 6 nitrogen and oxygen atoms in total. The summed E-state index contributed by atoms with van der Waals surface area (Å²) in [5, 5.41) is 14.7. The van der Waals surface area contributed by atoms with Gasteiger partial charge in [0.25, 0.3) is 5.91 Å². The maximum atomic E-state index is 13.3. The highest BCUT2D eigenvalue weighted by Crippen LogP contribution is 2.29. The lowest BCUT2D eigenvalue weighted by atomic mass is 10.1. The van der Waals surface area contributed by atoms with E-state index in [9.17, 15) is 23.5 Å². The van der Waals surface area contributed by atoms with Crippen LogP contribution in [0, 0.1) is 11.6 Å². The molecule has 9 heteroatoms. The summed E-state index contributed by atoms with van der Waals surface area (Å²) in [7, 11) is 0. The van der Waals surface area contributed by atoms with E-state index in [-0.39, 0.29) is 16.1 Å². The molecule has 2 aromatic rings. The second kappa shape index (κ2) is 6.48. The second-order valence-electron chi connectivity index (χ2n) is 4.32. The highest BCUT2D eigenvalue weighted by molar-refractivity contribution is 7.13. The molecule has 116 valence electrons. The van der Waals surface area contributed by atoms with Crippen LogP contribution in [-0.4, -0.2) is 23.2 Å². The third kappa shape index (κ3) is 3.76. The van der Waals surface area contributed by atoms with Crippen molar-refractivity contribution in [1.29, 1.82) is 0 Å². The molecular formula is C13H10F2N3O3S-. The molecule has 2 rings (SSSR count). The summed E-state index contributed by atoms with van der Waals surface area (Å²) in [5.74, 6) is -2.23. The Morgan fingerprint density at radius 1 is 1.23 bits per heavy atom. The van der Waals surface area contributed by atoms with E-state index in [1.807, 2.05) is 5.32 Å². The van der Waals surface area contributed by atoms with Crippen LogP contribution in [-0.2, 0) is 0 Å². The Morgan fingerprint density at radius 2 is 1.86 bits per heavy atom. The number of aromatic nitrogens is 1. The maximum Gasteiger partial charge on any atom is 0.272 e. The predicted molar refractivity (Wildman–Crippen MR) is 72.9 cm³/mol. The summed E-state index contributed by atoms with van der Waals surface area (Å²) in [6.07, 6.45) is -2.45. The molecule has 0 spiro atoms. The van der Waals surface area contributed by atoms with Crippen LogP contribution in [0.5, 0.6) is 0 Å². The Hall–Kier alpha value is -2.55. The fraction of sp³-hybridized carbons (Fsp3) is 0.154. The van der Waals surface area contributed by atoms with Gasteiger partial charge in [-0.05, 0) is 24.6 Å². The molecule has 0 aliphatic carbocycles. The molecular weight excluding hydrogens is 316 g/mol. The zero-order valence-corrected chi connectivity index (χ0v) is 12.0. The average molecular weight is 326 g/mol. The number of hydrogen-bond acceptors (Lipinski definition) is 5. The molecule has 1 unspecified atom stereocenters. The Bertz CT molecular complexity index is 700. The van der Waals surface area contributed by atoms with Gasteiger partial charge in [0.1, 0.15) is 23.4 Å². The van der Waals surface area contributed by atoms with E-state index in [1.54, 1.807) is 0 Å². The van der Waals surface area contributed by atoms with Gasteiger partial charge in [-0.2, -0.15) is 0 Å². The summed E-state index contributed by atoms with van der Waals surface area (Å²) < 4.78 is 26.5. The number of amides is 2. The largest absolute Gasteiger partial charge is 0.530 e. The van der Waals surface area contributed by atoms with E-state index in [4.69, 9.17) is 0 Å². The highest BCUT2D eigenvalue weighted by Gasteiger charge is 2.19. The number of carbonyl (C=O) groups is 2. The standard InChI is InChI=1S/C13H11F2N3O3S/c1-6(18-13(20)21)17-12(19)10-11(22-5-16-10)7-2-8(14)4-9(15)3-7/h2-6,18H,1H3,(H,17,19)(H,20,21)/p-1. The molecule has 22 heavy (non-hydrogen) atoms. The fourth-order valence-electron chi connectivity index (χ4n) is 1.78. The number of halogens is 2. The molecule has 0 aliphatic rings. The number of nitrogens with one attached hydrogen (secondary N) is 2. The Labute approximate surface area is 127 Å². The summed E-state index contributed by atoms with van der Waals surface area (Å²) in [6.45, 7) is 1.39. The van der Waals surface area contributed by atoms with Gasteiger partial charge < -0.3 is 20.5 Å². The van der Waals surface area contributed by atoms with Crippen molar-refractivity contribution in [1.82, 2.24) is 15.6 Å². The van der Waals surface area contributed by atoms with Gasteiger partial charge in [0, 0.05) is 6.07 Å². The number of carboxylic acid groups (broad SMARTS) is 1. The molecule has 0 aliphatic heterocycles. The van der Waals surface area contributed by atoms with Gasteiger partial charge >= 0.3 is 0 Å². The molecule has 2 N–H and O–H groups in total. The number of nitrogens with zero attached hydrogens (tertiary/aromatic N) is 1. The number of hydrogen-bond donors (Lipinski definition) is 2. The van der Waals surface area contributed by atoms with Gasteiger partial charge in [-0.25, -0.2) is 13.8 Å². The van der Waals surface area contributed by atoms with E-state index in [1.165, 1.54) is 12.4 Å². The highest BCUT2D eigenvalue weighted by atomic mass is 32.1. The monoisotopic (exact) mass is 326 g/mol. The Kier molecular flexibility index (Phi) is 4.66. The molecule has 0 bridgehead atoms. The second-order valence-corrected chi connectivity index (χ2v) is 5.17. The van der Waals surface area contributed by atoms with Gasteiger partial charge in [0.05, 0.1) is 16.6 Å². The van der Waals surface area contributed by atoms with Crippen LogP contribution in [0.1, 0.15) is 17.4 Å². The van der Waals surface area contributed by atoms with E-state index in [2.05, 4.69) is 10.3 Å². The molecule has 2 amide bonds. The van der Waals surface area contributed by atoms with Gasteiger partial charge in [-0.1, -0.05) is 0 Å². The SMILES string of the molecule is CC(NC(=O)[O-])NC(=O)c1ncsc1-c1cc(F)cc(F)c1. The van der Waals surface area contributed by atoms with Crippen molar-refractivity contribution in [3.63, 3.8) is 0 Å². The third-order valence-electron chi connectivity index (χ3n) is 2.59. The van der Waals surface area contributed by atoms with Gasteiger partial charge in [0.2, 0.25) is 0 Å². The molecule has 0 fully saturated rings. The predicted octanol–water partition coefficient (Wildman–Crippen LogP) is 1.10. The maximum absolute atomic E-state index is 13.3. The summed E-state index contributed by atoms with van der Waals surface area (Å²) >= 11 is 1.04. The first-order chi connectivity index (χ1) is 10.4. The van der Waals surface area contributed by atoms with E-state index >= 15 is 0 Å². The summed E-state index contributed by atoms with van der Waals surface area (Å²) in [5.41, 5.74) is 1.47. The molecule has 1 aromatic carbocycles. The zero-order valence-electron chi connectivity index (χ0n) is 11.2. The lowest BCUT2D eigenvalue weighted by molar-refractivity contribution is -0.251. The van der Waals surface area contributed by atoms with Crippen LogP contribution in [0.3, 0.4) is 0 Å². The first-order valence-corrected chi connectivity index (χ1v) is 6.93. The number of thiazole rings is 1. The Balaban J connectivity index is 2.25. The average Bonchev–Trinajstić information content (AvgIpc) is 2.85. The van der Waals surface area contributed by atoms with E-state index < -0.39 is 29.8 Å². The molecule has 1 atom stereocenters. The van der Waals surface area contributed by atoms with Crippen molar-refractivity contribution in [2.75, 3.05) is 0 Å². The van der Waals surface area contributed by atoms with Gasteiger partial charge in [0.15, 0.2) is 0 Å². The van der Waals surface area contributed by atoms with Crippen molar-refractivity contribution in [3.05, 3.63) is 41.0 Å². The van der Waals surface area contributed by atoms with Crippen LogP contribution in [0.4, 0.5) is 13.6 Å². The smallest absolute Gasteiger partial charge is 0.272 e. The molecule has 0 radical (unpaired) electrons. The van der Waals surface area contributed by atoms with Crippen LogP contribution >= 0.6 is 11.3 Å². The Morgan fingerprint density at radius 3 is 2.45 bits per heavy atom. The molecule has 1 aromatic heterocycles. The first kappa shape index (κ1) is 15.8. The molecule has 1 heterocycles. The minimum Gasteiger partial charge on any atom is -0.530 e. The van der Waals surface area contributed by atoms with Gasteiger partial charge in [-0.15, -0.1) is 11.3 Å². The lowest BCUT2D eigenvalue weighted by Crippen LogP contribution is -2.50. The van der Waals surface area contributed by atoms with Crippen molar-refractivity contribution in [2.45, 2.75) is 13.1 Å². The zero-order chi connectivity index (χ0) is 16.3. The number of benzene rings is 1. The van der Waals surface area contributed by atoms with Crippen LogP contribution in [0.25, 0.3) is 10.4 Å². The number of carbonyl (C=O) groups excluding carboxylic acids is 2. The minimum atomic E-state index is -1.54. The van der Waals surface area contributed by atoms with E-state index in [0.29, 0.717) is 0 Å². The lowest BCUT2D eigenvalue weighted by Gasteiger charge is -2.16. The van der Waals surface area contributed by atoms with Crippen molar-refractivity contribution >= 4 is 23.3 Å². The normalized spacial score (nSPS) is 11.8. The quantitative estimate of drug-likeness (QED) is 0.823. The van der Waals surface area contributed by atoms with Crippen LogP contribution in [0.15, 0.2) is 23.7 Å². The fourth-order valence-corrected chi connectivity index (χ4v) is 2.55. The van der Waals surface area contributed by atoms with Crippen LogP contribution < -0.4 is 15.7 Å². The third-order valence-corrected chi connectivity index (χ3v) is 3.46. The van der Waals surface area contributed by atoms with Crippen molar-refractivity contribution in [3.8, 4) is 10.4 Å². The first-order valence-electron chi connectivity index (χ1n) is 6.05. The van der Waals surface area contributed by atoms with Crippen molar-refractivity contribution < 1.29 is 23.5 Å². The number of rotatable bonds is 4. The summed E-state index contributed by atoms with van der Waals surface area (Å²) in [4.78, 5) is 26.6. The topological polar surface area (TPSA) is 94.1 Å². The van der Waals surface area contributed by atoms with Crippen molar-refractivity contribution in [2.24, 2.45) is 0 Å². The summed E-state index contributed by atoms with van der Waals surface area (Å²) in [6, 6.07) is 2.88. The molecule has 0 saturated carbocycles. The van der Waals surface area contributed by atoms with Crippen LogP contribution in [0.2, 0.25) is 0 Å². The minimum absolute atomic E-state index is 0.0537. The van der Waals surface area contributed by atoms with Gasteiger partial charge in [-0.3, -0.25) is 4.79 Å². The van der Waals surface area contributed by atoms with E-state index in [0.717, 1.165) is 29.5 Å².